The smallest absolute Gasteiger partial charge is 0.320 e. The maximum Gasteiger partial charge on any atom is 0.320 e. The third-order valence-corrected chi connectivity index (χ3v) is 4.27. The Morgan fingerprint density at radius 1 is 1.55 bits per heavy atom. The first-order valence-electron chi connectivity index (χ1n) is 6.88. The summed E-state index contributed by atoms with van der Waals surface area (Å²) in [6.07, 6.45) is 3.61. The van der Waals surface area contributed by atoms with E-state index in [1.807, 2.05) is 0 Å². The van der Waals surface area contributed by atoms with Gasteiger partial charge in [0.15, 0.2) is 0 Å². The summed E-state index contributed by atoms with van der Waals surface area (Å²) in [5, 5.41) is 15.0. The lowest BCUT2D eigenvalue weighted by atomic mass is 10.1. The zero-order valence-electron chi connectivity index (χ0n) is 11.4. The molecule has 2 aliphatic heterocycles. The van der Waals surface area contributed by atoms with Crippen LogP contribution in [0.3, 0.4) is 0 Å². The van der Waals surface area contributed by atoms with Crippen molar-refractivity contribution < 1.29 is 14.6 Å². The van der Waals surface area contributed by atoms with E-state index in [2.05, 4.69) is 5.10 Å². The highest BCUT2D eigenvalue weighted by Gasteiger charge is 2.38. The number of amides is 1. The molecule has 0 saturated carbocycles. The number of carbonyl (C=O) groups excluding carboxylic acids is 1. The van der Waals surface area contributed by atoms with E-state index in [0.29, 0.717) is 19.1 Å². The molecule has 0 aliphatic carbocycles. The van der Waals surface area contributed by atoms with Crippen LogP contribution < -0.4 is 4.90 Å². The molecule has 1 aromatic rings. The second kappa shape index (κ2) is 4.86. The van der Waals surface area contributed by atoms with Gasteiger partial charge >= 0.3 is 5.69 Å². The van der Waals surface area contributed by atoms with E-state index in [4.69, 9.17) is 0 Å². The molecule has 8 nitrogen and oxygen atoms in total. The van der Waals surface area contributed by atoms with E-state index >= 15 is 0 Å². The van der Waals surface area contributed by atoms with Crippen LogP contribution in [0, 0.1) is 10.1 Å². The van der Waals surface area contributed by atoms with Crippen LogP contribution in [-0.2, 0) is 7.05 Å². The number of nitrogens with zero attached hydrogens (tertiary/aromatic N) is 4. The van der Waals surface area contributed by atoms with Crippen LogP contribution in [0.4, 0.5) is 5.69 Å². The van der Waals surface area contributed by atoms with Crippen LogP contribution in [0.5, 0.6) is 0 Å². The molecule has 3 rings (SSSR count). The number of hydrogen-bond donors (Lipinski definition) is 1. The Morgan fingerprint density at radius 2 is 2.35 bits per heavy atom. The maximum absolute atomic E-state index is 12.5. The number of fused-ring (bicyclic) bond motifs is 1. The summed E-state index contributed by atoms with van der Waals surface area (Å²) in [6.45, 7) is 3.44. The molecule has 1 aromatic heterocycles. The van der Waals surface area contributed by atoms with Crippen LogP contribution in [0.25, 0.3) is 0 Å². The average Bonchev–Trinajstić information content (AvgIpc) is 3.02. The molecule has 0 spiro atoms. The molecule has 0 bridgehead atoms. The number of nitro groups is 1. The molecule has 8 heteroatoms. The minimum Gasteiger partial charge on any atom is -0.330 e. The van der Waals surface area contributed by atoms with Crippen molar-refractivity contribution in [2.75, 3.05) is 26.2 Å². The molecule has 2 saturated heterocycles. The summed E-state index contributed by atoms with van der Waals surface area (Å²) in [5.74, 6) is -0.316. The van der Waals surface area contributed by atoms with Gasteiger partial charge in [-0.25, -0.2) is 0 Å². The fourth-order valence-corrected chi connectivity index (χ4v) is 3.27. The molecule has 1 amide bonds. The molecule has 3 heterocycles. The van der Waals surface area contributed by atoms with E-state index in [0.717, 1.165) is 13.0 Å². The van der Waals surface area contributed by atoms with E-state index in [1.165, 1.54) is 23.8 Å². The molecule has 2 unspecified atom stereocenters. The van der Waals surface area contributed by atoms with Crippen molar-refractivity contribution in [2.24, 2.45) is 7.05 Å². The molecule has 20 heavy (non-hydrogen) atoms. The van der Waals surface area contributed by atoms with Crippen LogP contribution in [0.2, 0.25) is 0 Å². The van der Waals surface area contributed by atoms with Crippen LogP contribution >= 0.6 is 0 Å². The lowest BCUT2D eigenvalue weighted by molar-refractivity contribution is -0.916. The lowest BCUT2D eigenvalue weighted by Gasteiger charge is -2.34. The summed E-state index contributed by atoms with van der Waals surface area (Å²) in [4.78, 5) is 26.2. The normalized spacial score (nSPS) is 25.6. The van der Waals surface area contributed by atoms with Gasteiger partial charge in [-0.05, 0) is 0 Å². The number of carbonyl (C=O) groups is 1. The minimum atomic E-state index is -0.544. The predicted octanol–water partition coefficient (Wildman–Crippen LogP) is -1.17. The highest BCUT2D eigenvalue weighted by Crippen LogP contribution is 2.19. The van der Waals surface area contributed by atoms with Gasteiger partial charge in [0, 0.05) is 19.9 Å². The van der Waals surface area contributed by atoms with Crippen molar-refractivity contribution in [2.45, 2.75) is 18.9 Å². The first kappa shape index (κ1) is 13.0. The highest BCUT2D eigenvalue weighted by atomic mass is 16.6. The van der Waals surface area contributed by atoms with E-state index in [1.54, 1.807) is 16.8 Å². The number of aryl methyl sites for hydroxylation is 1. The second-order valence-electron chi connectivity index (χ2n) is 5.54. The maximum atomic E-state index is 12.5. The molecule has 1 N–H and O–H groups in total. The fourth-order valence-electron chi connectivity index (χ4n) is 3.27. The highest BCUT2D eigenvalue weighted by molar-refractivity contribution is 5.96. The quantitative estimate of drug-likeness (QED) is 0.546. The predicted molar refractivity (Wildman–Crippen MR) is 69.5 cm³/mol. The number of rotatable bonds is 2. The van der Waals surface area contributed by atoms with Gasteiger partial charge in [0.2, 0.25) is 5.69 Å². The van der Waals surface area contributed by atoms with Gasteiger partial charge in [-0.2, -0.15) is 5.10 Å². The first-order valence-corrected chi connectivity index (χ1v) is 6.88. The van der Waals surface area contributed by atoms with E-state index in [9.17, 15) is 14.9 Å². The van der Waals surface area contributed by atoms with Gasteiger partial charge in [0.1, 0.15) is 12.2 Å². The molecule has 0 aromatic carbocycles. The molecular weight excluding hydrogens is 262 g/mol. The minimum absolute atomic E-state index is 0.0426. The van der Waals surface area contributed by atoms with Crippen molar-refractivity contribution in [1.29, 1.82) is 0 Å². The summed E-state index contributed by atoms with van der Waals surface area (Å²) >= 11 is 0. The average molecular weight is 280 g/mol. The molecule has 2 atom stereocenters. The van der Waals surface area contributed by atoms with Crippen molar-refractivity contribution >= 4 is 11.6 Å². The molecular formula is C12H18N5O3+. The Morgan fingerprint density at radius 3 is 3.10 bits per heavy atom. The molecule has 2 fully saturated rings. The summed E-state index contributed by atoms with van der Waals surface area (Å²) in [5.41, 5.74) is -0.252. The Balaban J connectivity index is 1.80. The topological polar surface area (TPSA) is 85.7 Å². The SMILES string of the molecule is Cn1cc([N+](=O)[O-])c(C(=O)N2CC[NH+]3CCCC3C2)n1. The monoisotopic (exact) mass is 280 g/mol. The molecule has 2 aliphatic rings. The third kappa shape index (κ3) is 2.15. The van der Waals surface area contributed by atoms with Crippen molar-refractivity contribution in [3.63, 3.8) is 0 Å². The number of hydrogen-bond acceptors (Lipinski definition) is 4. The van der Waals surface area contributed by atoms with Crippen LogP contribution in [0.1, 0.15) is 23.3 Å². The van der Waals surface area contributed by atoms with Crippen molar-refractivity contribution in [3.8, 4) is 0 Å². The van der Waals surface area contributed by atoms with Gasteiger partial charge in [0.05, 0.1) is 31.1 Å². The fraction of sp³-hybridized carbons (Fsp3) is 0.667. The van der Waals surface area contributed by atoms with Gasteiger partial charge in [0.25, 0.3) is 5.91 Å². The second-order valence-corrected chi connectivity index (χ2v) is 5.54. The molecule has 108 valence electrons. The number of aromatic nitrogens is 2. The Hall–Kier alpha value is -1.96. The van der Waals surface area contributed by atoms with Gasteiger partial charge in [-0.15, -0.1) is 0 Å². The Bertz CT molecular complexity index is 555. The van der Waals surface area contributed by atoms with Gasteiger partial charge in [-0.3, -0.25) is 19.6 Å². The molecule has 0 radical (unpaired) electrons. The van der Waals surface area contributed by atoms with Crippen molar-refractivity contribution in [1.82, 2.24) is 14.7 Å². The first-order chi connectivity index (χ1) is 9.56. The number of piperazine rings is 1. The summed E-state index contributed by atoms with van der Waals surface area (Å²) < 4.78 is 1.32. The summed E-state index contributed by atoms with van der Waals surface area (Å²) in [7, 11) is 1.59. The zero-order valence-corrected chi connectivity index (χ0v) is 11.4. The van der Waals surface area contributed by atoms with Crippen LogP contribution in [-0.4, -0.2) is 57.7 Å². The standard InChI is InChI=1S/C12H17N5O3/c1-14-8-10(17(19)20)11(13-14)12(18)16-6-5-15-4-2-3-9(15)7-16/h8-9H,2-7H2,1H3/p+1. The van der Waals surface area contributed by atoms with Crippen LogP contribution in [0.15, 0.2) is 6.20 Å². The number of quaternary nitrogens is 1. The van der Waals surface area contributed by atoms with Gasteiger partial charge in [-0.1, -0.05) is 0 Å². The van der Waals surface area contributed by atoms with E-state index in [-0.39, 0.29) is 17.3 Å². The number of nitrogens with one attached hydrogen (secondary N) is 1. The lowest BCUT2D eigenvalue weighted by Crippen LogP contribution is -3.16. The van der Waals surface area contributed by atoms with Crippen molar-refractivity contribution in [3.05, 3.63) is 22.0 Å². The van der Waals surface area contributed by atoms with Gasteiger partial charge < -0.3 is 9.80 Å². The largest absolute Gasteiger partial charge is 0.330 e. The Kier molecular flexibility index (Phi) is 3.17. The third-order valence-electron chi connectivity index (χ3n) is 4.27. The van der Waals surface area contributed by atoms with E-state index < -0.39 is 4.92 Å². The Labute approximate surface area is 116 Å². The summed E-state index contributed by atoms with van der Waals surface area (Å²) in [6, 6.07) is 0.482. The zero-order chi connectivity index (χ0) is 14.3.